The Bertz CT molecular complexity index is 378. The molecule has 1 aromatic carbocycles. The molecule has 2 nitrogen and oxygen atoms in total. The average Bonchev–Trinajstić information content (AvgIpc) is 2.86. The second-order valence-corrected chi connectivity index (χ2v) is 4.49. The van der Waals surface area contributed by atoms with Crippen molar-refractivity contribution in [1.82, 2.24) is 0 Å². The van der Waals surface area contributed by atoms with E-state index < -0.39 is 0 Å². The number of hydrogen-bond acceptors (Lipinski definition) is 2. The molecule has 0 N–H and O–H groups in total. The summed E-state index contributed by atoms with van der Waals surface area (Å²) in [6.45, 7) is 0. The van der Waals surface area contributed by atoms with Crippen molar-refractivity contribution in [2.45, 2.75) is 18.4 Å². The van der Waals surface area contributed by atoms with Crippen LogP contribution in [0.1, 0.15) is 18.4 Å². The minimum atomic E-state index is -0.219. The third-order valence-corrected chi connectivity index (χ3v) is 3.02. The molecule has 1 saturated carbocycles. The van der Waals surface area contributed by atoms with Crippen molar-refractivity contribution in [2.24, 2.45) is 4.99 Å². The van der Waals surface area contributed by atoms with Crippen LogP contribution >= 0.6 is 22.6 Å². The van der Waals surface area contributed by atoms with E-state index in [9.17, 15) is 4.79 Å². The van der Waals surface area contributed by atoms with Gasteiger partial charge in [-0.15, -0.1) is 0 Å². The number of carbonyl (C=O) groups excluding carboxylic acids is 1. The maximum absolute atomic E-state index is 10.2. The summed E-state index contributed by atoms with van der Waals surface area (Å²) in [6, 6.07) is 8.13. The van der Waals surface area contributed by atoms with Crippen molar-refractivity contribution in [3.63, 3.8) is 0 Å². The molecule has 1 aliphatic carbocycles. The predicted octanol–water partition coefficient (Wildman–Crippen LogP) is 2.62. The Morgan fingerprint density at radius 1 is 1.46 bits per heavy atom. The van der Waals surface area contributed by atoms with Gasteiger partial charge in [0.25, 0.3) is 0 Å². The lowest BCUT2D eigenvalue weighted by Crippen LogP contribution is -2.01. The molecular weight excluding hydrogens is 277 g/mol. The van der Waals surface area contributed by atoms with Gasteiger partial charge < -0.3 is 0 Å². The molecule has 0 spiro atoms. The third-order valence-electron chi connectivity index (χ3n) is 2.35. The van der Waals surface area contributed by atoms with Crippen molar-refractivity contribution in [1.29, 1.82) is 0 Å². The van der Waals surface area contributed by atoms with Crippen LogP contribution in [0, 0.1) is 3.57 Å². The number of rotatable bonds is 2. The molecule has 0 aromatic heterocycles. The van der Waals surface area contributed by atoms with E-state index in [0.29, 0.717) is 0 Å². The van der Waals surface area contributed by atoms with E-state index in [2.05, 4.69) is 33.6 Å². The molecule has 0 amide bonds. The molecule has 0 heterocycles. The summed E-state index contributed by atoms with van der Waals surface area (Å²) in [6.07, 6.45) is 3.61. The molecule has 0 bridgehead atoms. The lowest BCUT2D eigenvalue weighted by Gasteiger charge is -2.07. The zero-order chi connectivity index (χ0) is 9.31. The lowest BCUT2D eigenvalue weighted by molar-refractivity contribution is 0.556. The molecule has 0 saturated heterocycles. The Morgan fingerprint density at radius 3 is 2.77 bits per heavy atom. The highest BCUT2D eigenvalue weighted by atomic mass is 127. The Labute approximate surface area is 90.2 Å². The van der Waals surface area contributed by atoms with E-state index in [0.717, 1.165) is 18.4 Å². The van der Waals surface area contributed by atoms with E-state index >= 15 is 0 Å². The first-order valence-electron chi connectivity index (χ1n) is 4.12. The molecule has 1 aromatic rings. The fraction of sp³-hybridized carbons (Fsp3) is 0.300. The summed E-state index contributed by atoms with van der Waals surface area (Å²) in [4.78, 5) is 14.1. The third kappa shape index (κ3) is 1.67. The Morgan fingerprint density at radius 2 is 2.23 bits per heavy atom. The van der Waals surface area contributed by atoms with Crippen molar-refractivity contribution < 1.29 is 4.79 Å². The van der Waals surface area contributed by atoms with Crippen molar-refractivity contribution >= 4 is 28.7 Å². The summed E-state index contributed by atoms with van der Waals surface area (Å²) in [5.74, 6) is 0. The van der Waals surface area contributed by atoms with E-state index in [1.807, 2.05) is 18.2 Å². The van der Waals surface area contributed by atoms with Crippen LogP contribution in [0.25, 0.3) is 0 Å². The van der Waals surface area contributed by atoms with E-state index in [-0.39, 0.29) is 5.54 Å². The van der Waals surface area contributed by atoms with Gasteiger partial charge in [0.1, 0.15) is 0 Å². The quantitative estimate of drug-likeness (QED) is 0.466. The van der Waals surface area contributed by atoms with Gasteiger partial charge >= 0.3 is 0 Å². The monoisotopic (exact) mass is 285 g/mol. The number of benzene rings is 1. The fourth-order valence-corrected chi connectivity index (χ4v) is 1.99. The number of isocyanates is 1. The molecule has 0 atom stereocenters. The molecule has 1 aliphatic rings. The largest absolute Gasteiger partial charge is 0.235 e. The average molecular weight is 285 g/mol. The minimum Gasteiger partial charge on any atom is -0.211 e. The summed E-state index contributed by atoms with van der Waals surface area (Å²) >= 11 is 2.26. The maximum atomic E-state index is 10.2. The molecule has 3 heteroatoms. The van der Waals surface area contributed by atoms with Crippen LogP contribution in [0.15, 0.2) is 29.3 Å². The normalized spacial score (nSPS) is 17.6. The summed E-state index contributed by atoms with van der Waals surface area (Å²) < 4.78 is 1.18. The topological polar surface area (TPSA) is 29.4 Å². The molecule has 1 fully saturated rings. The standard InChI is InChI=1S/C10H8INO/c11-9-3-1-2-8(6-9)10(4-5-10)12-7-13/h1-3,6H,4-5H2. The highest BCUT2D eigenvalue weighted by Gasteiger charge is 2.44. The van der Waals surface area contributed by atoms with Gasteiger partial charge in [-0.3, -0.25) is 0 Å². The molecular formula is C10H8INO. The number of hydrogen-bond donors (Lipinski definition) is 0. The SMILES string of the molecule is O=C=NC1(c2cccc(I)c2)CC1. The van der Waals surface area contributed by atoms with Gasteiger partial charge in [-0.05, 0) is 53.1 Å². The van der Waals surface area contributed by atoms with Crippen molar-refractivity contribution in [2.75, 3.05) is 0 Å². The molecule has 2 rings (SSSR count). The summed E-state index contributed by atoms with van der Waals surface area (Å²) in [5.41, 5.74) is 0.922. The Hall–Kier alpha value is -0.670. The predicted molar refractivity (Wildman–Crippen MR) is 58.2 cm³/mol. The van der Waals surface area contributed by atoms with Crippen LogP contribution < -0.4 is 0 Å². The van der Waals surface area contributed by atoms with Crippen LogP contribution in [0.3, 0.4) is 0 Å². The number of aliphatic imine (C=N–C) groups is 1. The second-order valence-electron chi connectivity index (χ2n) is 3.25. The van der Waals surface area contributed by atoms with E-state index in [4.69, 9.17) is 0 Å². The molecule has 13 heavy (non-hydrogen) atoms. The first-order chi connectivity index (χ1) is 6.27. The van der Waals surface area contributed by atoms with E-state index in [1.54, 1.807) is 6.08 Å². The number of nitrogens with zero attached hydrogens (tertiary/aromatic N) is 1. The van der Waals surface area contributed by atoms with Gasteiger partial charge in [0.15, 0.2) is 0 Å². The zero-order valence-corrected chi connectivity index (χ0v) is 9.11. The van der Waals surface area contributed by atoms with Crippen LogP contribution in [0.5, 0.6) is 0 Å². The maximum Gasteiger partial charge on any atom is 0.235 e. The van der Waals surface area contributed by atoms with Crippen LogP contribution in [0.4, 0.5) is 0 Å². The molecule has 0 aliphatic heterocycles. The van der Waals surface area contributed by atoms with Crippen LogP contribution in [-0.4, -0.2) is 6.08 Å². The van der Waals surface area contributed by atoms with Crippen molar-refractivity contribution in [3.05, 3.63) is 33.4 Å². The van der Waals surface area contributed by atoms with Gasteiger partial charge in [-0.1, -0.05) is 12.1 Å². The highest BCUT2D eigenvalue weighted by Crippen LogP contribution is 2.49. The van der Waals surface area contributed by atoms with Crippen LogP contribution in [0.2, 0.25) is 0 Å². The second kappa shape index (κ2) is 3.24. The number of halogens is 1. The first kappa shape index (κ1) is 8.91. The van der Waals surface area contributed by atoms with Gasteiger partial charge in [-0.2, -0.15) is 4.99 Å². The first-order valence-corrected chi connectivity index (χ1v) is 5.20. The smallest absolute Gasteiger partial charge is 0.211 e. The Kier molecular flexibility index (Phi) is 2.22. The van der Waals surface area contributed by atoms with Gasteiger partial charge in [0.2, 0.25) is 6.08 Å². The summed E-state index contributed by atoms with van der Waals surface area (Å²) in [7, 11) is 0. The van der Waals surface area contributed by atoms with Gasteiger partial charge in [0, 0.05) is 3.57 Å². The lowest BCUT2D eigenvalue weighted by atomic mass is 10.1. The van der Waals surface area contributed by atoms with Gasteiger partial charge in [-0.25, -0.2) is 4.79 Å². The van der Waals surface area contributed by atoms with Crippen LogP contribution in [-0.2, 0) is 10.3 Å². The minimum absolute atomic E-state index is 0.219. The highest BCUT2D eigenvalue weighted by molar-refractivity contribution is 14.1. The van der Waals surface area contributed by atoms with E-state index in [1.165, 1.54) is 3.57 Å². The molecule has 0 radical (unpaired) electrons. The van der Waals surface area contributed by atoms with Crippen molar-refractivity contribution in [3.8, 4) is 0 Å². The molecule has 0 unspecified atom stereocenters. The Balaban J connectivity index is 2.40. The fourth-order valence-electron chi connectivity index (χ4n) is 1.45. The summed E-state index contributed by atoms with van der Waals surface area (Å²) in [5, 5.41) is 0. The zero-order valence-electron chi connectivity index (χ0n) is 6.96. The molecule has 66 valence electrons. The van der Waals surface area contributed by atoms with Gasteiger partial charge in [0.05, 0.1) is 5.54 Å².